The molecule has 2 aromatic heterocycles. The Morgan fingerprint density at radius 1 is 1.29 bits per heavy atom. The molecule has 0 bridgehead atoms. The minimum absolute atomic E-state index is 0.205. The van der Waals surface area contributed by atoms with Gasteiger partial charge in [0.15, 0.2) is 0 Å². The summed E-state index contributed by atoms with van der Waals surface area (Å²) in [6.07, 6.45) is 2.37. The summed E-state index contributed by atoms with van der Waals surface area (Å²) in [5.74, 6) is 0.294. The van der Waals surface area contributed by atoms with E-state index in [1.807, 2.05) is 12.1 Å². The van der Waals surface area contributed by atoms with Gasteiger partial charge in [-0.2, -0.15) is 4.98 Å². The van der Waals surface area contributed by atoms with E-state index in [-0.39, 0.29) is 5.56 Å². The fourth-order valence-corrected chi connectivity index (χ4v) is 2.66. The van der Waals surface area contributed by atoms with E-state index in [2.05, 4.69) is 15.3 Å². The first-order valence-electron chi connectivity index (χ1n) is 7.34. The Balaban J connectivity index is 2.18. The van der Waals surface area contributed by atoms with E-state index < -0.39 is 6.04 Å². The number of nitrogens with one attached hydrogen (secondary N) is 1. The highest BCUT2D eigenvalue weighted by Gasteiger charge is 2.13. The zero-order chi connectivity index (χ0) is 17.3. The van der Waals surface area contributed by atoms with Crippen molar-refractivity contribution in [3.8, 4) is 11.1 Å². The third kappa shape index (κ3) is 2.88. The van der Waals surface area contributed by atoms with Crippen LogP contribution in [0.4, 0.5) is 5.95 Å². The molecule has 0 amide bonds. The molecule has 24 heavy (non-hydrogen) atoms. The largest absolute Gasteiger partial charge is 0.345 e. The molecule has 0 aliphatic rings. The number of halogens is 1. The minimum Gasteiger partial charge on any atom is -0.345 e. The third-order valence-corrected chi connectivity index (χ3v) is 4.00. The standard InChI is InChI=1S/C17H15ClN4O2/c1-10(9-23)20-17-19-8-11-7-13(12-5-3-4-6-14(12)18)16(24)22(2)15(11)21-17/h3-10H,1-2H3,(H,19,20,21). The lowest BCUT2D eigenvalue weighted by Crippen LogP contribution is -2.22. The van der Waals surface area contributed by atoms with Gasteiger partial charge in [-0.3, -0.25) is 9.36 Å². The van der Waals surface area contributed by atoms with Gasteiger partial charge in [-0.15, -0.1) is 0 Å². The molecule has 7 heteroatoms. The predicted octanol–water partition coefficient (Wildman–Crippen LogP) is 2.65. The molecule has 1 N–H and O–H groups in total. The van der Waals surface area contributed by atoms with Crippen LogP contribution in [-0.4, -0.2) is 26.9 Å². The van der Waals surface area contributed by atoms with E-state index in [0.29, 0.717) is 33.1 Å². The van der Waals surface area contributed by atoms with Gasteiger partial charge in [0.1, 0.15) is 11.9 Å². The van der Waals surface area contributed by atoms with E-state index >= 15 is 0 Å². The molecule has 0 spiro atoms. The Bertz CT molecular complexity index is 984. The summed E-state index contributed by atoms with van der Waals surface area (Å²) in [6, 6.07) is 8.49. The monoisotopic (exact) mass is 342 g/mol. The Morgan fingerprint density at radius 3 is 2.75 bits per heavy atom. The lowest BCUT2D eigenvalue weighted by atomic mass is 10.1. The maximum atomic E-state index is 12.7. The van der Waals surface area contributed by atoms with Crippen LogP contribution in [0.25, 0.3) is 22.2 Å². The van der Waals surface area contributed by atoms with Gasteiger partial charge < -0.3 is 10.1 Å². The van der Waals surface area contributed by atoms with Crippen LogP contribution in [0, 0.1) is 0 Å². The highest BCUT2D eigenvalue weighted by atomic mass is 35.5. The summed E-state index contributed by atoms with van der Waals surface area (Å²) < 4.78 is 1.45. The lowest BCUT2D eigenvalue weighted by Gasteiger charge is -2.11. The SMILES string of the molecule is CC(C=O)Nc1ncc2cc(-c3ccccc3Cl)c(=O)n(C)c2n1. The Labute approximate surface area is 143 Å². The highest BCUT2D eigenvalue weighted by Crippen LogP contribution is 2.26. The number of carbonyl (C=O) groups excluding carboxylic acids is 1. The summed E-state index contributed by atoms with van der Waals surface area (Å²) in [7, 11) is 1.64. The lowest BCUT2D eigenvalue weighted by molar-refractivity contribution is -0.108. The third-order valence-electron chi connectivity index (χ3n) is 3.67. The van der Waals surface area contributed by atoms with Crippen molar-refractivity contribution in [2.45, 2.75) is 13.0 Å². The van der Waals surface area contributed by atoms with Crippen LogP contribution < -0.4 is 10.9 Å². The molecule has 0 fully saturated rings. The maximum absolute atomic E-state index is 12.7. The number of hydrogen-bond donors (Lipinski definition) is 1. The molecule has 1 atom stereocenters. The second-order valence-corrected chi connectivity index (χ2v) is 5.85. The summed E-state index contributed by atoms with van der Waals surface area (Å²) in [4.78, 5) is 32.0. The smallest absolute Gasteiger partial charge is 0.259 e. The van der Waals surface area contributed by atoms with Gasteiger partial charge in [0.25, 0.3) is 5.56 Å². The van der Waals surface area contributed by atoms with Crippen LogP contribution in [0.5, 0.6) is 0 Å². The number of fused-ring (bicyclic) bond motifs is 1. The number of aryl methyl sites for hydroxylation is 1. The number of hydrogen-bond acceptors (Lipinski definition) is 5. The molecule has 1 unspecified atom stereocenters. The number of carbonyl (C=O) groups is 1. The molecule has 1 aromatic carbocycles. The molecular weight excluding hydrogens is 328 g/mol. The van der Waals surface area contributed by atoms with E-state index in [1.54, 1.807) is 38.4 Å². The number of aldehydes is 1. The van der Waals surface area contributed by atoms with Crippen LogP contribution in [0.15, 0.2) is 41.3 Å². The van der Waals surface area contributed by atoms with E-state index in [9.17, 15) is 9.59 Å². The molecular formula is C17H15ClN4O2. The first-order chi connectivity index (χ1) is 11.5. The van der Waals surface area contributed by atoms with Crippen molar-refractivity contribution in [2.24, 2.45) is 7.05 Å². The van der Waals surface area contributed by atoms with Crippen LogP contribution in [0.2, 0.25) is 5.02 Å². The number of aromatic nitrogens is 3. The van der Waals surface area contributed by atoms with E-state index in [1.165, 1.54) is 4.57 Å². The van der Waals surface area contributed by atoms with Crippen LogP contribution in [0.3, 0.4) is 0 Å². The Hall–Kier alpha value is -2.73. The summed E-state index contributed by atoms with van der Waals surface area (Å²) >= 11 is 6.21. The van der Waals surface area contributed by atoms with Crippen molar-refractivity contribution in [1.82, 2.24) is 14.5 Å². The topological polar surface area (TPSA) is 76.9 Å². The number of pyridine rings is 1. The normalized spacial score (nSPS) is 12.1. The van der Waals surface area contributed by atoms with Crippen molar-refractivity contribution in [1.29, 1.82) is 0 Å². The summed E-state index contributed by atoms with van der Waals surface area (Å²) in [5.41, 5.74) is 1.43. The molecule has 0 aliphatic heterocycles. The first kappa shape index (κ1) is 16.1. The Kier molecular flexibility index (Phi) is 4.31. The van der Waals surface area contributed by atoms with Crippen molar-refractivity contribution in [3.63, 3.8) is 0 Å². The van der Waals surface area contributed by atoms with Gasteiger partial charge in [-0.1, -0.05) is 29.8 Å². The summed E-state index contributed by atoms with van der Waals surface area (Å²) in [5, 5.41) is 4.07. The second-order valence-electron chi connectivity index (χ2n) is 5.44. The van der Waals surface area contributed by atoms with Crippen molar-refractivity contribution >= 4 is 34.9 Å². The van der Waals surface area contributed by atoms with Crippen molar-refractivity contribution < 1.29 is 4.79 Å². The molecule has 0 saturated carbocycles. The molecule has 2 heterocycles. The van der Waals surface area contributed by atoms with Crippen molar-refractivity contribution in [2.75, 3.05) is 5.32 Å². The second kappa shape index (κ2) is 6.41. The molecule has 3 aromatic rings. The van der Waals surface area contributed by atoms with Crippen LogP contribution in [0.1, 0.15) is 6.92 Å². The van der Waals surface area contributed by atoms with Gasteiger partial charge in [-0.05, 0) is 19.1 Å². The van der Waals surface area contributed by atoms with Gasteiger partial charge in [-0.25, -0.2) is 4.98 Å². The fourth-order valence-electron chi connectivity index (χ4n) is 2.43. The average Bonchev–Trinajstić information content (AvgIpc) is 2.59. The minimum atomic E-state index is -0.415. The van der Waals surface area contributed by atoms with Gasteiger partial charge in [0.05, 0.1) is 6.04 Å². The van der Waals surface area contributed by atoms with E-state index in [4.69, 9.17) is 11.6 Å². The average molecular weight is 343 g/mol. The van der Waals surface area contributed by atoms with E-state index in [0.717, 1.165) is 6.29 Å². The fraction of sp³-hybridized carbons (Fsp3) is 0.176. The van der Waals surface area contributed by atoms with Crippen LogP contribution >= 0.6 is 11.6 Å². The number of benzene rings is 1. The molecule has 3 rings (SSSR count). The zero-order valence-corrected chi connectivity index (χ0v) is 13.9. The quantitative estimate of drug-likeness (QED) is 0.737. The molecule has 6 nitrogen and oxygen atoms in total. The van der Waals surface area contributed by atoms with Crippen LogP contribution in [-0.2, 0) is 11.8 Å². The van der Waals surface area contributed by atoms with Gasteiger partial charge in [0.2, 0.25) is 5.95 Å². The first-order valence-corrected chi connectivity index (χ1v) is 7.72. The number of nitrogens with zero attached hydrogens (tertiary/aromatic N) is 3. The molecule has 0 radical (unpaired) electrons. The maximum Gasteiger partial charge on any atom is 0.259 e. The molecule has 0 saturated heterocycles. The molecule has 122 valence electrons. The number of anilines is 1. The summed E-state index contributed by atoms with van der Waals surface area (Å²) in [6.45, 7) is 1.69. The zero-order valence-electron chi connectivity index (χ0n) is 13.2. The number of rotatable bonds is 4. The predicted molar refractivity (Wildman–Crippen MR) is 94.4 cm³/mol. The van der Waals surface area contributed by atoms with Crippen molar-refractivity contribution in [3.05, 3.63) is 51.9 Å². The van der Waals surface area contributed by atoms with Gasteiger partial charge >= 0.3 is 0 Å². The Morgan fingerprint density at radius 2 is 2.04 bits per heavy atom. The molecule has 0 aliphatic carbocycles. The van der Waals surface area contributed by atoms with Gasteiger partial charge in [0, 0.05) is 34.8 Å². The highest BCUT2D eigenvalue weighted by molar-refractivity contribution is 6.33.